The fourth-order valence-electron chi connectivity index (χ4n) is 2.36. The van der Waals surface area contributed by atoms with Crippen LogP contribution in [0.2, 0.25) is 0 Å². The number of carbonyl (C=O) groups excluding carboxylic acids is 1. The second-order valence-corrected chi connectivity index (χ2v) is 7.88. The Morgan fingerprint density at radius 1 is 1.36 bits per heavy atom. The van der Waals surface area contributed by atoms with Crippen LogP contribution >= 0.6 is 23.1 Å². The van der Waals surface area contributed by atoms with E-state index in [4.69, 9.17) is 0 Å². The molecule has 0 aliphatic heterocycles. The van der Waals surface area contributed by atoms with Gasteiger partial charge in [-0.05, 0) is 35.4 Å². The van der Waals surface area contributed by atoms with Crippen molar-refractivity contribution in [2.75, 3.05) is 17.2 Å². The van der Waals surface area contributed by atoms with E-state index in [0.29, 0.717) is 17.6 Å². The van der Waals surface area contributed by atoms with Crippen LogP contribution in [0.3, 0.4) is 0 Å². The van der Waals surface area contributed by atoms with Crippen LogP contribution in [-0.2, 0) is 11.3 Å². The molecule has 0 aliphatic rings. The Bertz CT molecular complexity index is 826. The number of tetrazole rings is 1. The van der Waals surface area contributed by atoms with Crippen LogP contribution in [-0.4, -0.2) is 43.4 Å². The van der Waals surface area contributed by atoms with E-state index < -0.39 is 0 Å². The standard InChI is InChI=1S/C16H20N6OS2/c1-4-21(15-17-12-7-5-6-8-13(12)25-15)14(23)10-24-16-18-19-20-22(16)9-11(2)3/h5-8,11H,4,9-10H2,1-3H3. The zero-order chi connectivity index (χ0) is 17.8. The molecule has 0 radical (unpaired) electrons. The third-order valence-electron chi connectivity index (χ3n) is 3.49. The van der Waals surface area contributed by atoms with Gasteiger partial charge in [0.15, 0.2) is 5.13 Å². The fraction of sp³-hybridized carbons (Fsp3) is 0.438. The lowest BCUT2D eigenvalue weighted by molar-refractivity contribution is -0.116. The highest BCUT2D eigenvalue weighted by atomic mass is 32.2. The Balaban J connectivity index is 1.69. The summed E-state index contributed by atoms with van der Waals surface area (Å²) in [6, 6.07) is 7.91. The number of nitrogens with zero attached hydrogens (tertiary/aromatic N) is 6. The Hall–Kier alpha value is -2.00. The lowest BCUT2D eigenvalue weighted by Gasteiger charge is -2.17. The van der Waals surface area contributed by atoms with Crippen molar-refractivity contribution in [1.82, 2.24) is 25.2 Å². The molecule has 2 heterocycles. The number of thioether (sulfide) groups is 1. The number of thiazole rings is 1. The molecule has 132 valence electrons. The van der Waals surface area contributed by atoms with Gasteiger partial charge in [0.2, 0.25) is 11.1 Å². The first-order valence-electron chi connectivity index (χ1n) is 8.13. The number of para-hydroxylation sites is 1. The highest BCUT2D eigenvalue weighted by molar-refractivity contribution is 7.99. The van der Waals surface area contributed by atoms with Gasteiger partial charge in [-0.2, -0.15) is 0 Å². The summed E-state index contributed by atoms with van der Waals surface area (Å²) in [7, 11) is 0. The van der Waals surface area contributed by atoms with E-state index in [-0.39, 0.29) is 11.7 Å². The smallest absolute Gasteiger partial charge is 0.239 e. The lowest BCUT2D eigenvalue weighted by Crippen LogP contribution is -2.32. The largest absolute Gasteiger partial charge is 0.288 e. The first kappa shape index (κ1) is 17.8. The molecule has 0 bridgehead atoms. The normalized spacial score (nSPS) is 11.4. The molecule has 0 fully saturated rings. The third-order valence-corrected chi connectivity index (χ3v) is 5.49. The number of hydrogen-bond acceptors (Lipinski definition) is 7. The average molecular weight is 377 g/mol. The van der Waals surface area contributed by atoms with Gasteiger partial charge in [0, 0.05) is 13.1 Å². The van der Waals surface area contributed by atoms with Crippen LogP contribution in [0, 0.1) is 5.92 Å². The molecule has 0 unspecified atom stereocenters. The molecule has 3 rings (SSSR count). The Morgan fingerprint density at radius 3 is 2.88 bits per heavy atom. The molecule has 2 aromatic heterocycles. The maximum absolute atomic E-state index is 12.7. The second-order valence-electron chi connectivity index (χ2n) is 5.93. The number of anilines is 1. The fourth-order valence-corrected chi connectivity index (χ4v) is 4.17. The van der Waals surface area contributed by atoms with Gasteiger partial charge in [-0.15, -0.1) is 5.10 Å². The summed E-state index contributed by atoms with van der Waals surface area (Å²) < 4.78 is 2.83. The molecule has 3 aromatic rings. The maximum Gasteiger partial charge on any atom is 0.239 e. The van der Waals surface area contributed by atoms with E-state index in [2.05, 4.69) is 34.4 Å². The molecular formula is C16H20N6OS2. The third kappa shape index (κ3) is 4.16. The van der Waals surface area contributed by atoms with E-state index in [9.17, 15) is 4.79 Å². The predicted octanol–water partition coefficient (Wildman–Crippen LogP) is 3.08. The van der Waals surface area contributed by atoms with Crippen LogP contribution in [0.25, 0.3) is 10.2 Å². The summed E-state index contributed by atoms with van der Waals surface area (Å²) in [5, 5.41) is 13.1. The minimum Gasteiger partial charge on any atom is -0.288 e. The summed E-state index contributed by atoms with van der Waals surface area (Å²) in [5.41, 5.74) is 0.919. The van der Waals surface area contributed by atoms with Crippen molar-refractivity contribution in [2.45, 2.75) is 32.5 Å². The molecular weight excluding hydrogens is 356 g/mol. The van der Waals surface area contributed by atoms with Crippen LogP contribution in [0.5, 0.6) is 0 Å². The van der Waals surface area contributed by atoms with Crippen molar-refractivity contribution < 1.29 is 4.79 Å². The topological polar surface area (TPSA) is 76.8 Å². The van der Waals surface area contributed by atoms with E-state index in [1.165, 1.54) is 23.1 Å². The summed E-state index contributed by atoms with van der Waals surface area (Å²) in [6.07, 6.45) is 0. The van der Waals surface area contributed by atoms with Crippen LogP contribution < -0.4 is 4.90 Å². The van der Waals surface area contributed by atoms with Gasteiger partial charge < -0.3 is 0 Å². The van der Waals surface area contributed by atoms with Crippen LogP contribution in [0.1, 0.15) is 20.8 Å². The molecule has 1 amide bonds. The quantitative estimate of drug-likeness (QED) is 0.590. The molecule has 0 aliphatic carbocycles. The van der Waals surface area contributed by atoms with Crippen molar-refractivity contribution in [3.63, 3.8) is 0 Å². The van der Waals surface area contributed by atoms with Crippen molar-refractivity contribution in [3.8, 4) is 0 Å². The van der Waals surface area contributed by atoms with Gasteiger partial charge in [0.25, 0.3) is 0 Å². The molecule has 25 heavy (non-hydrogen) atoms. The molecule has 7 nitrogen and oxygen atoms in total. The van der Waals surface area contributed by atoms with Crippen molar-refractivity contribution in [3.05, 3.63) is 24.3 Å². The minimum atomic E-state index is 0.00523. The van der Waals surface area contributed by atoms with Crippen molar-refractivity contribution in [1.29, 1.82) is 0 Å². The number of amides is 1. The summed E-state index contributed by atoms with van der Waals surface area (Å²) in [6.45, 7) is 7.48. The number of aromatic nitrogens is 5. The van der Waals surface area contributed by atoms with Crippen LogP contribution in [0.4, 0.5) is 5.13 Å². The van der Waals surface area contributed by atoms with E-state index >= 15 is 0 Å². The second kappa shape index (κ2) is 7.92. The number of hydrogen-bond donors (Lipinski definition) is 0. The minimum absolute atomic E-state index is 0.00523. The summed E-state index contributed by atoms with van der Waals surface area (Å²) in [4.78, 5) is 19.0. The van der Waals surface area contributed by atoms with Crippen molar-refractivity contribution in [2.24, 2.45) is 5.92 Å². The SMILES string of the molecule is CCN(C(=O)CSc1nnnn1CC(C)C)c1nc2ccccc2s1. The lowest BCUT2D eigenvalue weighted by atomic mass is 10.2. The highest BCUT2D eigenvalue weighted by Crippen LogP contribution is 2.29. The molecule has 0 N–H and O–H groups in total. The van der Waals surface area contributed by atoms with Gasteiger partial charge in [-0.25, -0.2) is 9.67 Å². The zero-order valence-electron chi connectivity index (χ0n) is 14.4. The van der Waals surface area contributed by atoms with E-state index in [1.807, 2.05) is 31.2 Å². The summed E-state index contributed by atoms with van der Waals surface area (Å²) >= 11 is 2.89. The summed E-state index contributed by atoms with van der Waals surface area (Å²) in [5.74, 6) is 0.724. The van der Waals surface area contributed by atoms with Gasteiger partial charge in [-0.3, -0.25) is 9.69 Å². The van der Waals surface area contributed by atoms with Gasteiger partial charge in [-0.1, -0.05) is 49.1 Å². The molecule has 0 atom stereocenters. The first-order chi connectivity index (χ1) is 12.1. The molecule has 1 aromatic carbocycles. The number of rotatable bonds is 7. The predicted molar refractivity (Wildman–Crippen MR) is 101 cm³/mol. The monoisotopic (exact) mass is 376 g/mol. The highest BCUT2D eigenvalue weighted by Gasteiger charge is 2.19. The Labute approximate surface area is 154 Å². The van der Waals surface area contributed by atoms with Gasteiger partial charge in [0.1, 0.15) is 0 Å². The molecule has 0 saturated heterocycles. The Morgan fingerprint density at radius 2 is 2.16 bits per heavy atom. The van der Waals surface area contributed by atoms with Crippen molar-refractivity contribution >= 4 is 44.4 Å². The van der Waals surface area contributed by atoms with E-state index in [0.717, 1.165) is 21.9 Å². The number of fused-ring (bicyclic) bond motifs is 1. The van der Waals surface area contributed by atoms with Crippen LogP contribution in [0.15, 0.2) is 29.4 Å². The number of carbonyl (C=O) groups is 1. The molecule has 0 saturated carbocycles. The molecule has 9 heteroatoms. The Kier molecular flexibility index (Phi) is 5.64. The van der Waals surface area contributed by atoms with Gasteiger partial charge in [0.05, 0.1) is 16.0 Å². The maximum atomic E-state index is 12.7. The zero-order valence-corrected chi connectivity index (χ0v) is 16.0. The van der Waals surface area contributed by atoms with Gasteiger partial charge >= 0.3 is 0 Å². The number of benzene rings is 1. The molecule has 0 spiro atoms. The first-order valence-corrected chi connectivity index (χ1v) is 9.93. The van der Waals surface area contributed by atoms with E-state index in [1.54, 1.807) is 9.58 Å². The average Bonchev–Trinajstić information content (AvgIpc) is 3.19.